The van der Waals surface area contributed by atoms with Crippen LogP contribution in [0, 0.1) is 0 Å². The fourth-order valence-electron chi connectivity index (χ4n) is 9.31. The zero-order valence-corrected chi connectivity index (χ0v) is 33.3. The molecule has 9 aromatic rings. The summed E-state index contributed by atoms with van der Waals surface area (Å²) >= 11 is 1.93. The molecule has 10 rings (SSSR count). The van der Waals surface area contributed by atoms with E-state index in [1.165, 1.54) is 97.9 Å². The highest BCUT2D eigenvalue weighted by molar-refractivity contribution is 8.00. The van der Waals surface area contributed by atoms with E-state index in [0.717, 1.165) is 0 Å². The second-order valence-electron chi connectivity index (χ2n) is 16.3. The fraction of sp³-hybridized carbons (Fsp3) is 0.176. The molecule has 0 spiro atoms. The van der Waals surface area contributed by atoms with Crippen LogP contribution in [0.15, 0.2) is 155 Å². The maximum Gasteiger partial charge on any atom is 0.244 e. The second-order valence-corrected chi connectivity index (χ2v) is 17.4. The van der Waals surface area contributed by atoms with Crippen molar-refractivity contribution in [3.8, 4) is 11.4 Å². The van der Waals surface area contributed by atoms with E-state index in [1.807, 2.05) is 11.8 Å². The van der Waals surface area contributed by atoms with E-state index < -0.39 is 0 Å². The summed E-state index contributed by atoms with van der Waals surface area (Å²) in [5.74, 6) is 1.31. The molecular formula is C51H45BN2S. The number of hydrogen-bond acceptors (Lipinski definition) is 1. The summed E-state index contributed by atoms with van der Waals surface area (Å²) in [7, 11) is 0. The second kappa shape index (κ2) is 13.1. The van der Waals surface area contributed by atoms with Crippen molar-refractivity contribution >= 4 is 78.5 Å². The van der Waals surface area contributed by atoms with E-state index in [1.54, 1.807) is 0 Å². The minimum Gasteiger partial charge on any atom is -0.309 e. The summed E-state index contributed by atoms with van der Waals surface area (Å²) in [5.41, 5.74) is 16.0. The molecule has 0 bridgehead atoms. The standard InChI is InChI=1S/C51H45BN2S/c1-31(2)34-26-39(32(3)4)51(40(27-34)33(5)6)52-43-20-12-15-23-49(43)55-50-28-36(24-25-44(50)52)54-46-22-14-11-19-38(46)42-29-47-41(30-48(42)54)37-18-10-13-21-45(37)53(47)35-16-8-7-9-17-35/h7-33H,1-6H3. The zero-order valence-electron chi connectivity index (χ0n) is 32.5. The quantitative estimate of drug-likeness (QED) is 0.155. The zero-order chi connectivity index (χ0) is 37.5. The topological polar surface area (TPSA) is 9.86 Å². The minimum atomic E-state index is 0.166. The van der Waals surface area contributed by atoms with Crippen molar-refractivity contribution in [2.75, 3.05) is 0 Å². The molecule has 0 N–H and O–H groups in total. The van der Waals surface area contributed by atoms with Crippen LogP contribution in [-0.2, 0) is 0 Å². The van der Waals surface area contributed by atoms with Crippen LogP contribution in [0.2, 0.25) is 0 Å². The summed E-state index contributed by atoms with van der Waals surface area (Å²) in [5, 5.41) is 5.08. The number of rotatable bonds is 6. The predicted molar refractivity (Wildman–Crippen MR) is 239 cm³/mol. The molecule has 0 saturated heterocycles. The van der Waals surface area contributed by atoms with Gasteiger partial charge in [0.05, 0.1) is 22.1 Å². The average molecular weight is 729 g/mol. The first-order valence-corrected chi connectivity index (χ1v) is 20.7. The third-order valence-corrected chi connectivity index (χ3v) is 13.1. The van der Waals surface area contributed by atoms with E-state index >= 15 is 0 Å². The van der Waals surface area contributed by atoms with Crippen molar-refractivity contribution in [1.29, 1.82) is 0 Å². The molecule has 1 aliphatic rings. The molecule has 0 aliphatic carbocycles. The Bertz CT molecular complexity index is 2920. The highest BCUT2D eigenvalue weighted by Gasteiger charge is 2.36. The lowest BCUT2D eigenvalue weighted by Gasteiger charge is -2.32. The van der Waals surface area contributed by atoms with Crippen LogP contribution in [0.4, 0.5) is 0 Å². The van der Waals surface area contributed by atoms with Crippen molar-refractivity contribution < 1.29 is 0 Å². The molecule has 1 aliphatic heterocycles. The number of nitrogens with zero attached hydrogens (tertiary/aromatic N) is 2. The molecule has 0 amide bonds. The minimum absolute atomic E-state index is 0.166. The van der Waals surface area contributed by atoms with Gasteiger partial charge in [-0.2, -0.15) is 0 Å². The molecule has 0 atom stereocenters. The van der Waals surface area contributed by atoms with Gasteiger partial charge in [0.1, 0.15) is 0 Å². The van der Waals surface area contributed by atoms with Crippen LogP contribution in [0.5, 0.6) is 0 Å². The third-order valence-electron chi connectivity index (χ3n) is 12.0. The Kier molecular flexibility index (Phi) is 8.12. The summed E-state index contributed by atoms with van der Waals surface area (Å²) in [6.45, 7) is 14.3. The first kappa shape index (κ1) is 34.1. The van der Waals surface area contributed by atoms with Gasteiger partial charge in [-0.1, -0.05) is 161 Å². The summed E-state index contributed by atoms with van der Waals surface area (Å²) in [4.78, 5) is 2.69. The van der Waals surface area contributed by atoms with Gasteiger partial charge in [-0.3, -0.25) is 0 Å². The first-order chi connectivity index (χ1) is 26.8. The lowest BCUT2D eigenvalue weighted by molar-refractivity contribution is 0.812. The van der Waals surface area contributed by atoms with Gasteiger partial charge < -0.3 is 9.13 Å². The lowest BCUT2D eigenvalue weighted by atomic mass is 9.34. The van der Waals surface area contributed by atoms with Crippen molar-refractivity contribution in [3.63, 3.8) is 0 Å². The Hall–Kier alpha value is -5.45. The Morgan fingerprint density at radius 3 is 1.55 bits per heavy atom. The Morgan fingerprint density at radius 1 is 0.418 bits per heavy atom. The largest absolute Gasteiger partial charge is 0.309 e. The fourth-order valence-corrected chi connectivity index (χ4v) is 10.5. The monoisotopic (exact) mass is 728 g/mol. The number of aromatic nitrogens is 2. The molecule has 268 valence electrons. The van der Waals surface area contributed by atoms with E-state index in [0.29, 0.717) is 17.8 Å². The molecule has 0 saturated carbocycles. The number of benzene rings is 7. The van der Waals surface area contributed by atoms with Crippen LogP contribution in [0.1, 0.15) is 76.0 Å². The van der Waals surface area contributed by atoms with E-state index in [2.05, 4.69) is 196 Å². The van der Waals surface area contributed by atoms with Gasteiger partial charge in [0.25, 0.3) is 0 Å². The maximum atomic E-state index is 2.52. The smallest absolute Gasteiger partial charge is 0.244 e. The van der Waals surface area contributed by atoms with Crippen molar-refractivity contribution in [2.45, 2.75) is 69.1 Å². The van der Waals surface area contributed by atoms with Gasteiger partial charge in [0.2, 0.25) is 6.71 Å². The molecule has 3 heterocycles. The normalized spacial score (nSPS) is 12.9. The molecule has 0 unspecified atom stereocenters. The van der Waals surface area contributed by atoms with Crippen LogP contribution in [-0.4, -0.2) is 15.8 Å². The molecule has 0 fully saturated rings. The van der Waals surface area contributed by atoms with Gasteiger partial charge >= 0.3 is 0 Å². The number of hydrogen-bond donors (Lipinski definition) is 0. The lowest BCUT2D eigenvalue weighted by Crippen LogP contribution is -2.57. The highest BCUT2D eigenvalue weighted by atomic mass is 32.2. The molecule has 0 radical (unpaired) electrons. The molecule has 2 nitrogen and oxygen atoms in total. The molecule has 55 heavy (non-hydrogen) atoms. The molecular weight excluding hydrogens is 683 g/mol. The number of fused-ring (bicyclic) bond motifs is 8. The van der Waals surface area contributed by atoms with Gasteiger partial charge in [-0.15, -0.1) is 0 Å². The molecule has 7 aromatic carbocycles. The third kappa shape index (κ3) is 5.33. The Labute approximate surface area is 328 Å². The van der Waals surface area contributed by atoms with Gasteiger partial charge in [0.15, 0.2) is 0 Å². The maximum absolute atomic E-state index is 2.52. The molecule has 4 heteroatoms. The summed E-state index contributed by atoms with van der Waals surface area (Å²) in [6.07, 6.45) is 0. The highest BCUT2D eigenvalue weighted by Crippen LogP contribution is 2.41. The molecule has 2 aromatic heterocycles. The van der Waals surface area contributed by atoms with E-state index in [-0.39, 0.29) is 6.71 Å². The van der Waals surface area contributed by atoms with Gasteiger partial charge in [-0.25, -0.2) is 0 Å². The van der Waals surface area contributed by atoms with Crippen LogP contribution in [0.3, 0.4) is 0 Å². The van der Waals surface area contributed by atoms with E-state index in [9.17, 15) is 0 Å². The SMILES string of the molecule is CC(C)c1cc(C(C)C)c(B2c3ccccc3Sc3cc(-n4c5ccccc5c5cc6c(cc54)c4ccccc4n6-c4ccccc4)ccc32)c(C(C)C)c1. The summed E-state index contributed by atoms with van der Waals surface area (Å²) in [6, 6.07) is 54.9. The van der Waals surface area contributed by atoms with Gasteiger partial charge in [-0.05, 0) is 89.0 Å². The van der Waals surface area contributed by atoms with Crippen LogP contribution >= 0.6 is 11.8 Å². The Morgan fingerprint density at radius 2 is 0.945 bits per heavy atom. The predicted octanol–water partition coefficient (Wildman–Crippen LogP) is 12.2. The van der Waals surface area contributed by atoms with Crippen molar-refractivity contribution in [1.82, 2.24) is 9.13 Å². The number of para-hydroxylation sites is 3. The first-order valence-electron chi connectivity index (χ1n) is 19.9. The van der Waals surface area contributed by atoms with Crippen LogP contribution in [0.25, 0.3) is 55.0 Å². The van der Waals surface area contributed by atoms with Gasteiger partial charge in [0, 0.05) is 42.7 Å². The Balaban J connectivity index is 1.23. The average Bonchev–Trinajstić information content (AvgIpc) is 3.70. The van der Waals surface area contributed by atoms with Crippen molar-refractivity contribution in [3.05, 3.63) is 162 Å². The van der Waals surface area contributed by atoms with E-state index in [4.69, 9.17) is 0 Å². The summed E-state index contributed by atoms with van der Waals surface area (Å²) < 4.78 is 4.93. The van der Waals surface area contributed by atoms with Crippen LogP contribution < -0.4 is 16.4 Å². The van der Waals surface area contributed by atoms with Crippen molar-refractivity contribution in [2.24, 2.45) is 0 Å².